The first-order valence-corrected chi connectivity index (χ1v) is 4.91. The molecule has 0 aliphatic heterocycles. The topological polar surface area (TPSA) is 115 Å². The Balaban J connectivity index is 3.74. The van der Waals surface area contributed by atoms with Crippen LogP contribution in [0.4, 0.5) is 0 Å². The average molecular weight is 220 g/mol. The Labute approximate surface area is 79.8 Å². The molecule has 0 aliphatic rings. The molecule has 0 spiro atoms. The number of phenols is 3. The molecule has 0 fully saturated rings. The van der Waals surface area contributed by atoms with E-state index in [1.165, 1.54) is 6.92 Å². The average Bonchev–Trinajstić information content (AvgIpc) is 1.98. The van der Waals surface area contributed by atoms with E-state index in [0.717, 1.165) is 6.07 Å². The van der Waals surface area contributed by atoms with Gasteiger partial charge in [-0.1, -0.05) is 0 Å². The summed E-state index contributed by atoms with van der Waals surface area (Å²) in [5, 5.41) is 27.3. The minimum absolute atomic E-state index is 0.0212. The minimum Gasteiger partial charge on any atom is -0.506 e. The van der Waals surface area contributed by atoms with Crippen LogP contribution in [0.1, 0.15) is 5.56 Å². The fourth-order valence-electron chi connectivity index (χ4n) is 0.994. The Morgan fingerprint density at radius 2 is 1.64 bits per heavy atom. The molecule has 0 radical (unpaired) electrons. The van der Waals surface area contributed by atoms with E-state index >= 15 is 0 Å². The summed E-state index contributed by atoms with van der Waals surface area (Å²) in [6, 6.07) is 0.972. The van der Waals surface area contributed by atoms with E-state index < -0.39 is 32.3 Å². The highest BCUT2D eigenvalue weighted by Gasteiger charge is 2.25. The Bertz CT molecular complexity index is 449. The van der Waals surface area contributed by atoms with E-state index in [4.69, 9.17) is 14.8 Å². The van der Waals surface area contributed by atoms with E-state index in [0.29, 0.717) is 0 Å². The molecule has 0 aliphatic carbocycles. The van der Waals surface area contributed by atoms with Crippen LogP contribution in [0.25, 0.3) is 0 Å². The fourth-order valence-corrected chi connectivity index (χ4v) is 1.75. The fraction of sp³-hybridized carbons (Fsp3) is 0.143. The zero-order valence-corrected chi connectivity index (χ0v) is 7.91. The number of aromatic hydroxyl groups is 3. The smallest absolute Gasteiger partial charge is 0.302 e. The molecule has 0 heterocycles. The van der Waals surface area contributed by atoms with Crippen molar-refractivity contribution < 1.29 is 28.3 Å². The highest BCUT2D eigenvalue weighted by Crippen LogP contribution is 2.40. The monoisotopic (exact) mass is 220 g/mol. The maximum absolute atomic E-state index is 10.7. The van der Waals surface area contributed by atoms with Gasteiger partial charge in [0.1, 0.15) is 5.75 Å². The van der Waals surface area contributed by atoms with Crippen molar-refractivity contribution >= 4 is 10.1 Å². The normalized spacial score (nSPS) is 11.6. The molecule has 0 bridgehead atoms. The third-order valence-corrected chi connectivity index (χ3v) is 2.56. The Morgan fingerprint density at radius 3 is 2.07 bits per heavy atom. The van der Waals surface area contributed by atoms with Gasteiger partial charge in [0.15, 0.2) is 16.4 Å². The van der Waals surface area contributed by atoms with Crippen LogP contribution < -0.4 is 0 Å². The molecule has 78 valence electrons. The molecular weight excluding hydrogens is 212 g/mol. The maximum Gasteiger partial charge on any atom is 0.302 e. The highest BCUT2D eigenvalue weighted by molar-refractivity contribution is 7.86. The number of aryl methyl sites for hydroxylation is 1. The second-order valence-electron chi connectivity index (χ2n) is 2.71. The summed E-state index contributed by atoms with van der Waals surface area (Å²) in [6.07, 6.45) is 0. The van der Waals surface area contributed by atoms with E-state index in [1.54, 1.807) is 0 Å². The summed E-state index contributed by atoms with van der Waals surface area (Å²) < 4.78 is 30.0. The second kappa shape index (κ2) is 3.03. The van der Waals surface area contributed by atoms with Gasteiger partial charge in [-0.2, -0.15) is 8.42 Å². The van der Waals surface area contributed by atoms with Gasteiger partial charge in [-0.25, -0.2) is 0 Å². The van der Waals surface area contributed by atoms with E-state index in [9.17, 15) is 13.5 Å². The van der Waals surface area contributed by atoms with Crippen molar-refractivity contribution in [3.63, 3.8) is 0 Å². The van der Waals surface area contributed by atoms with Crippen LogP contribution in [-0.2, 0) is 10.1 Å². The largest absolute Gasteiger partial charge is 0.506 e. The summed E-state index contributed by atoms with van der Waals surface area (Å²) >= 11 is 0. The lowest BCUT2D eigenvalue weighted by Gasteiger charge is -2.08. The first-order valence-electron chi connectivity index (χ1n) is 3.47. The molecule has 0 saturated heterocycles. The quantitative estimate of drug-likeness (QED) is 0.308. The zero-order valence-electron chi connectivity index (χ0n) is 7.09. The molecule has 4 N–H and O–H groups in total. The molecular formula is C7H8O6S. The Morgan fingerprint density at radius 1 is 1.14 bits per heavy atom. The van der Waals surface area contributed by atoms with Gasteiger partial charge in [-0.15, -0.1) is 0 Å². The van der Waals surface area contributed by atoms with Gasteiger partial charge < -0.3 is 15.3 Å². The molecule has 0 unspecified atom stereocenters. The van der Waals surface area contributed by atoms with Gasteiger partial charge in [-0.3, -0.25) is 4.55 Å². The van der Waals surface area contributed by atoms with Crippen molar-refractivity contribution in [1.82, 2.24) is 0 Å². The Hall–Kier alpha value is -1.47. The summed E-state index contributed by atoms with van der Waals surface area (Å²) in [5.41, 5.74) is 0.0212. The van der Waals surface area contributed by atoms with Crippen molar-refractivity contribution in [2.75, 3.05) is 0 Å². The molecule has 0 amide bonds. The molecule has 1 rings (SSSR count). The molecule has 14 heavy (non-hydrogen) atoms. The third-order valence-electron chi connectivity index (χ3n) is 1.66. The van der Waals surface area contributed by atoms with Crippen LogP contribution in [0.15, 0.2) is 11.0 Å². The number of phenolic OH excluding ortho intramolecular Hbond substituents is 3. The minimum atomic E-state index is -4.77. The Kier molecular flexibility index (Phi) is 2.30. The molecule has 0 aromatic heterocycles. The third kappa shape index (κ3) is 1.59. The van der Waals surface area contributed by atoms with E-state index in [2.05, 4.69) is 0 Å². The summed E-state index contributed by atoms with van der Waals surface area (Å²) in [4.78, 5) is -1.09. The van der Waals surface area contributed by atoms with Crippen molar-refractivity contribution in [1.29, 1.82) is 0 Å². The summed E-state index contributed by atoms with van der Waals surface area (Å²) in [7, 11) is -4.77. The van der Waals surface area contributed by atoms with Crippen LogP contribution >= 0.6 is 0 Å². The molecule has 0 saturated carbocycles. The maximum atomic E-state index is 10.7. The van der Waals surface area contributed by atoms with Crippen LogP contribution in [0.5, 0.6) is 17.2 Å². The van der Waals surface area contributed by atoms with Crippen LogP contribution in [0.2, 0.25) is 0 Å². The first-order chi connectivity index (χ1) is 6.25. The summed E-state index contributed by atoms with van der Waals surface area (Å²) in [6.45, 7) is 1.31. The SMILES string of the molecule is Cc1cc(O)c(O)c(S(=O)(=O)O)c1O. The van der Waals surface area contributed by atoms with Crippen LogP contribution in [0, 0.1) is 6.92 Å². The number of hydrogen-bond donors (Lipinski definition) is 4. The lowest BCUT2D eigenvalue weighted by atomic mass is 10.2. The van der Waals surface area contributed by atoms with Crippen molar-refractivity contribution in [2.45, 2.75) is 11.8 Å². The van der Waals surface area contributed by atoms with Crippen molar-refractivity contribution in [2.24, 2.45) is 0 Å². The van der Waals surface area contributed by atoms with Gasteiger partial charge in [0.05, 0.1) is 0 Å². The first kappa shape index (κ1) is 10.6. The second-order valence-corrected chi connectivity index (χ2v) is 4.07. The van der Waals surface area contributed by atoms with E-state index in [-0.39, 0.29) is 5.56 Å². The predicted octanol–water partition coefficient (Wildman–Crippen LogP) is 0.359. The predicted molar refractivity (Wildman–Crippen MR) is 46.0 cm³/mol. The molecule has 1 aromatic carbocycles. The highest BCUT2D eigenvalue weighted by atomic mass is 32.2. The van der Waals surface area contributed by atoms with Crippen molar-refractivity contribution in [3.05, 3.63) is 11.6 Å². The number of hydrogen-bond acceptors (Lipinski definition) is 5. The lowest BCUT2D eigenvalue weighted by molar-refractivity contribution is 0.372. The molecule has 1 aromatic rings. The summed E-state index contributed by atoms with van der Waals surface area (Å²) in [5.74, 6) is -2.59. The van der Waals surface area contributed by atoms with Gasteiger partial charge in [0.25, 0.3) is 0 Å². The van der Waals surface area contributed by atoms with Gasteiger partial charge >= 0.3 is 10.1 Å². The molecule has 7 heteroatoms. The standard InChI is InChI=1S/C7H8O6S/c1-3-2-4(8)6(10)7(5(3)9)14(11,12)13/h2,8-10H,1H3,(H,11,12,13). The number of benzene rings is 1. The van der Waals surface area contributed by atoms with Crippen LogP contribution in [0.3, 0.4) is 0 Å². The van der Waals surface area contributed by atoms with Gasteiger partial charge in [0.2, 0.25) is 0 Å². The van der Waals surface area contributed by atoms with Gasteiger partial charge in [-0.05, 0) is 18.6 Å². The number of rotatable bonds is 1. The van der Waals surface area contributed by atoms with Crippen molar-refractivity contribution in [3.8, 4) is 17.2 Å². The van der Waals surface area contributed by atoms with E-state index in [1.807, 2.05) is 0 Å². The zero-order chi connectivity index (χ0) is 11.1. The molecule has 6 nitrogen and oxygen atoms in total. The van der Waals surface area contributed by atoms with Crippen LogP contribution in [-0.4, -0.2) is 28.3 Å². The lowest BCUT2D eigenvalue weighted by Crippen LogP contribution is -2.00. The van der Waals surface area contributed by atoms with Gasteiger partial charge in [0, 0.05) is 0 Å². The molecule has 0 atom stereocenters.